The van der Waals surface area contributed by atoms with Gasteiger partial charge in [-0.15, -0.1) is 0 Å². The number of rotatable bonds is 6. The summed E-state index contributed by atoms with van der Waals surface area (Å²) >= 11 is 0. The van der Waals surface area contributed by atoms with Crippen molar-refractivity contribution in [1.29, 1.82) is 0 Å². The van der Waals surface area contributed by atoms with Crippen molar-refractivity contribution in [3.05, 3.63) is 23.3 Å². The lowest BCUT2D eigenvalue weighted by Crippen LogP contribution is -2.41. The Morgan fingerprint density at radius 3 is 2.87 bits per heavy atom. The van der Waals surface area contributed by atoms with Gasteiger partial charge in [-0.25, -0.2) is 4.99 Å². The molecule has 2 rings (SSSR count). The lowest BCUT2D eigenvalue weighted by atomic mass is 10.1. The Labute approximate surface area is 139 Å². The van der Waals surface area contributed by atoms with E-state index in [1.165, 1.54) is 5.56 Å². The molecule has 128 valence electrons. The van der Waals surface area contributed by atoms with Crippen molar-refractivity contribution in [3.8, 4) is 11.5 Å². The summed E-state index contributed by atoms with van der Waals surface area (Å²) < 4.78 is 11.4. The van der Waals surface area contributed by atoms with Gasteiger partial charge in [0.15, 0.2) is 5.96 Å². The van der Waals surface area contributed by atoms with Crippen LogP contribution in [0.3, 0.4) is 0 Å². The molecule has 0 saturated heterocycles. The maximum atomic E-state index is 5.85. The van der Waals surface area contributed by atoms with Gasteiger partial charge in [-0.2, -0.15) is 0 Å². The van der Waals surface area contributed by atoms with Crippen LogP contribution in [0.2, 0.25) is 0 Å². The van der Waals surface area contributed by atoms with Crippen LogP contribution in [-0.4, -0.2) is 31.8 Å². The largest absolute Gasteiger partial charge is 0.496 e. The highest BCUT2D eigenvalue weighted by Gasteiger charge is 2.21. The van der Waals surface area contributed by atoms with Gasteiger partial charge < -0.3 is 20.1 Å². The van der Waals surface area contributed by atoms with E-state index >= 15 is 0 Å². The van der Waals surface area contributed by atoms with Crippen molar-refractivity contribution in [3.63, 3.8) is 0 Å². The van der Waals surface area contributed by atoms with Crippen molar-refractivity contribution in [1.82, 2.24) is 10.6 Å². The molecule has 0 spiro atoms. The van der Waals surface area contributed by atoms with Gasteiger partial charge in [-0.05, 0) is 39.3 Å². The Balaban J connectivity index is 2.17. The van der Waals surface area contributed by atoms with E-state index < -0.39 is 0 Å². The number of hydrogen-bond donors (Lipinski definition) is 2. The van der Waals surface area contributed by atoms with Crippen LogP contribution in [0.5, 0.6) is 11.5 Å². The van der Waals surface area contributed by atoms with Gasteiger partial charge in [0.2, 0.25) is 0 Å². The minimum atomic E-state index is 0.234. The zero-order valence-corrected chi connectivity index (χ0v) is 14.9. The molecule has 0 aromatic heterocycles. The van der Waals surface area contributed by atoms with Crippen molar-refractivity contribution in [2.75, 3.05) is 13.7 Å². The average molecular weight is 319 g/mol. The molecule has 23 heavy (non-hydrogen) atoms. The molecule has 1 aromatic rings. The number of ether oxygens (including phenoxy) is 2. The van der Waals surface area contributed by atoms with Crippen molar-refractivity contribution >= 4 is 5.96 Å². The molecule has 0 bridgehead atoms. The topological polar surface area (TPSA) is 54.9 Å². The molecule has 1 aliphatic rings. The third kappa shape index (κ3) is 4.53. The van der Waals surface area contributed by atoms with Gasteiger partial charge >= 0.3 is 0 Å². The van der Waals surface area contributed by atoms with Gasteiger partial charge in [-0.1, -0.05) is 6.92 Å². The predicted octanol–water partition coefficient (Wildman–Crippen LogP) is 2.87. The zero-order chi connectivity index (χ0) is 16.8. The third-order valence-electron chi connectivity index (χ3n) is 4.05. The molecular formula is C18H29N3O2. The molecule has 0 amide bonds. The summed E-state index contributed by atoms with van der Waals surface area (Å²) in [5.41, 5.74) is 2.26. The Morgan fingerprint density at radius 2 is 2.22 bits per heavy atom. The summed E-state index contributed by atoms with van der Waals surface area (Å²) in [4.78, 5) is 4.68. The van der Waals surface area contributed by atoms with E-state index in [1.54, 1.807) is 7.11 Å². The molecular weight excluding hydrogens is 290 g/mol. The van der Waals surface area contributed by atoms with E-state index in [0.717, 1.165) is 42.4 Å². The van der Waals surface area contributed by atoms with Crippen LogP contribution in [0.25, 0.3) is 0 Å². The fourth-order valence-corrected chi connectivity index (χ4v) is 2.61. The molecule has 0 fully saturated rings. The second-order valence-electron chi connectivity index (χ2n) is 6.05. The minimum absolute atomic E-state index is 0.234. The Hall–Kier alpha value is -1.91. The first-order valence-corrected chi connectivity index (χ1v) is 8.48. The van der Waals surface area contributed by atoms with Crippen LogP contribution in [0.1, 0.15) is 45.2 Å². The second-order valence-corrected chi connectivity index (χ2v) is 6.05. The number of guanidine groups is 1. The fourth-order valence-electron chi connectivity index (χ4n) is 2.61. The zero-order valence-electron chi connectivity index (χ0n) is 14.9. The quantitative estimate of drug-likeness (QED) is 0.625. The second kappa shape index (κ2) is 8.09. The van der Waals surface area contributed by atoms with Gasteiger partial charge in [0, 0.05) is 30.1 Å². The molecule has 0 radical (unpaired) electrons. The van der Waals surface area contributed by atoms with Crippen LogP contribution >= 0.6 is 0 Å². The molecule has 2 atom stereocenters. The molecule has 0 saturated carbocycles. The van der Waals surface area contributed by atoms with Gasteiger partial charge in [0.25, 0.3) is 0 Å². The number of nitrogens with one attached hydrogen (secondary N) is 2. The van der Waals surface area contributed by atoms with E-state index in [0.29, 0.717) is 12.6 Å². The van der Waals surface area contributed by atoms with Crippen molar-refractivity contribution in [2.45, 2.75) is 59.2 Å². The maximum Gasteiger partial charge on any atom is 0.191 e. The number of benzene rings is 1. The van der Waals surface area contributed by atoms with Crippen LogP contribution in [0, 0.1) is 0 Å². The molecule has 0 aliphatic carbocycles. The minimum Gasteiger partial charge on any atom is -0.496 e. The van der Waals surface area contributed by atoms with E-state index in [-0.39, 0.29) is 6.10 Å². The predicted molar refractivity (Wildman–Crippen MR) is 94.5 cm³/mol. The summed E-state index contributed by atoms with van der Waals surface area (Å²) in [6, 6.07) is 4.53. The molecule has 1 heterocycles. The van der Waals surface area contributed by atoms with E-state index in [4.69, 9.17) is 9.47 Å². The monoisotopic (exact) mass is 319 g/mol. The summed E-state index contributed by atoms with van der Waals surface area (Å²) in [6.45, 7) is 9.86. The normalized spacial score (nSPS) is 18.1. The first-order valence-electron chi connectivity index (χ1n) is 8.48. The summed E-state index contributed by atoms with van der Waals surface area (Å²) in [6.07, 6.45) is 2.23. The Morgan fingerprint density at radius 1 is 1.43 bits per heavy atom. The molecule has 1 aromatic carbocycles. The third-order valence-corrected chi connectivity index (χ3v) is 4.05. The highest BCUT2D eigenvalue weighted by molar-refractivity contribution is 5.80. The van der Waals surface area contributed by atoms with Crippen molar-refractivity contribution < 1.29 is 9.47 Å². The van der Waals surface area contributed by atoms with Crippen LogP contribution in [0.15, 0.2) is 17.1 Å². The summed E-state index contributed by atoms with van der Waals surface area (Å²) in [5, 5.41) is 6.68. The average Bonchev–Trinajstić information content (AvgIpc) is 2.90. The molecule has 5 nitrogen and oxygen atoms in total. The summed E-state index contributed by atoms with van der Waals surface area (Å²) in [7, 11) is 1.71. The summed E-state index contributed by atoms with van der Waals surface area (Å²) in [5.74, 6) is 2.67. The van der Waals surface area contributed by atoms with Gasteiger partial charge in [-0.3, -0.25) is 0 Å². The number of nitrogens with zero attached hydrogens (tertiary/aromatic N) is 1. The van der Waals surface area contributed by atoms with Crippen LogP contribution in [0.4, 0.5) is 0 Å². The van der Waals surface area contributed by atoms with Gasteiger partial charge in [0.05, 0.1) is 13.7 Å². The maximum absolute atomic E-state index is 5.85. The van der Waals surface area contributed by atoms with Crippen molar-refractivity contribution in [2.24, 2.45) is 4.99 Å². The first-order chi connectivity index (χ1) is 11.1. The van der Waals surface area contributed by atoms with E-state index in [9.17, 15) is 0 Å². The van der Waals surface area contributed by atoms with Gasteiger partial charge in [0.1, 0.15) is 17.6 Å². The lowest BCUT2D eigenvalue weighted by Gasteiger charge is -2.16. The number of aliphatic imine (C=N–C) groups is 1. The molecule has 5 heteroatoms. The molecule has 1 aliphatic heterocycles. The highest BCUT2D eigenvalue weighted by atomic mass is 16.5. The fraction of sp³-hybridized carbons (Fsp3) is 0.611. The number of methoxy groups -OCH3 is 1. The van der Waals surface area contributed by atoms with Crippen LogP contribution in [-0.2, 0) is 13.0 Å². The van der Waals surface area contributed by atoms with E-state index in [1.807, 2.05) is 0 Å². The Kier molecular flexibility index (Phi) is 6.13. The van der Waals surface area contributed by atoms with E-state index in [2.05, 4.69) is 55.5 Å². The SMILES string of the molecule is CCNC(=NCc1cc2c(cc1OC)CC(C)O2)NC(C)CC. The van der Waals surface area contributed by atoms with Crippen LogP contribution < -0.4 is 20.1 Å². The lowest BCUT2D eigenvalue weighted by molar-refractivity contribution is 0.254. The smallest absolute Gasteiger partial charge is 0.191 e. The standard InChI is InChI=1S/C18H29N3O2/c1-6-12(3)21-18(19-7-2)20-11-15-10-17-14(8-13(4)23-17)9-16(15)22-5/h9-10,12-13H,6-8,11H2,1-5H3,(H2,19,20,21). The highest BCUT2D eigenvalue weighted by Crippen LogP contribution is 2.35. The molecule has 2 N–H and O–H groups in total. The number of fused-ring (bicyclic) bond motifs is 1. The molecule has 2 unspecified atom stereocenters. The Bertz CT molecular complexity index is 557. The first kappa shape index (κ1) is 17.4. The number of hydrogen-bond acceptors (Lipinski definition) is 3.